The van der Waals surface area contributed by atoms with Crippen molar-refractivity contribution in [2.24, 2.45) is 13.0 Å². The predicted molar refractivity (Wildman–Crippen MR) is 112 cm³/mol. The minimum atomic E-state index is -4.65. The molecule has 2 heterocycles. The van der Waals surface area contributed by atoms with Crippen LogP contribution in [0, 0.1) is 5.92 Å². The molecule has 0 bridgehead atoms. The number of aryl methyl sites for hydroxylation is 1. The Morgan fingerprint density at radius 2 is 1.94 bits per heavy atom. The van der Waals surface area contributed by atoms with Crippen molar-refractivity contribution < 1.29 is 27.4 Å². The Morgan fingerprint density at radius 1 is 1.21 bits per heavy atom. The SMILES string of the molecule is CN(CC1CC1)C(=O)OCc1c(-c2cnc(OC3CCCCC3)c(C(F)(F)F)c2)nnn1C. The lowest BCUT2D eigenvalue weighted by Crippen LogP contribution is -2.29. The third-order valence-electron chi connectivity index (χ3n) is 6.08. The van der Waals surface area contributed by atoms with E-state index in [0.717, 1.165) is 51.0 Å². The molecule has 33 heavy (non-hydrogen) atoms. The van der Waals surface area contributed by atoms with Gasteiger partial charge in [-0.15, -0.1) is 5.10 Å². The van der Waals surface area contributed by atoms with Crippen LogP contribution in [-0.2, 0) is 24.6 Å². The summed E-state index contributed by atoms with van der Waals surface area (Å²) < 4.78 is 53.8. The molecule has 1 amide bonds. The molecule has 0 radical (unpaired) electrons. The topological polar surface area (TPSA) is 82.4 Å². The van der Waals surface area contributed by atoms with Gasteiger partial charge < -0.3 is 14.4 Å². The van der Waals surface area contributed by atoms with E-state index in [1.807, 2.05) is 0 Å². The van der Waals surface area contributed by atoms with Crippen LogP contribution in [0.1, 0.15) is 56.2 Å². The molecule has 0 saturated heterocycles. The minimum absolute atomic E-state index is 0.129. The zero-order valence-corrected chi connectivity index (χ0v) is 18.8. The van der Waals surface area contributed by atoms with E-state index in [4.69, 9.17) is 9.47 Å². The van der Waals surface area contributed by atoms with Gasteiger partial charge in [0.2, 0.25) is 5.88 Å². The largest absolute Gasteiger partial charge is 0.474 e. The monoisotopic (exact) mass is 467 g/mol. The molecule has 2 aliphatic carbocycles. The van der Waals surface area contributed by atoms with Crippen LogP contribution in [0.3, 0.4) is 0 Å². The molecule has 11 heteroatoms. The van der Waals surface area contributed by atoms with Crippen LogP contribution in [0.15, 0.2) is 12.3 Å². The second-order valence-corrected chi connectivity index (χ2v) is 8.84. The summed E-state index contributed by atoms with van der Waals surface area (Å²) in [5.74, 6) is 0.0920. The molecule has 0 spiro atoms. The summed E-state index contributed by atoms with van der Waals surface area (Å²) in [4.78, 5) is 17.8. The maximum absolute atomic E-state index is 13.8. The van der Waals surface area contributed by atoms with Gasteiger partial charge in [-0.05, 0) is 50.5 Å². The first-order valence-electron chi connectivity index (χ1n) is 11.2. The minimum Gasteiger partial charge on any atom is -0.474 e. The second kappa shape index (κ2) is 9.56. The number of alkyl halides is 3. The summed E-state index contributed by atoms with van der Waals surface area (Å²) in [5, 5.41) is 7.90. The Labute approximate surface area is 190 Å². The normalized spacial score (nSPS) is 17.1. The van der Waals surface area contributed by atoms with Crippen LogP contribution in [0.4, 0.5) is 18.0 Å². The van der Waals surface area contributed by atoms with E-state index in [9.17, 15) is 18.0 Å². The quantitative estimate of drug-likeness (QED) is 0.593. The Morgan fingerprint density at radius 3 is 2.61 bits per heavy atom. The smallest absolute Gasteiger partial charge is 0.421 e. The van der Waals surface area contributed by atoms with Crippen molar-refractivity contribution in [2.45, 2.75) is 63.8 Å². The molecule has 2 saturated carbocycles. The first-order valence-corrected chi connectivity index (χ1v) is 11.2. The van der Waals surface area contributed by atoms with Gasteiger partial charge >= 0.3 is 12.3 Å². The summed E-state index contributed by atoms with van der Waals surface area (Å²) in [6.45, 7) is 0.449. The standard InChI is InChI=1S/C22H28F3N5O3/c1-29(12-14-8-9-14)21(31)32-13-18-19(27-28-30(18)2)15-10-17(22(23,24)25)20(26-11-15)33-16-6-4-3-5-7-16/h10-11,14,16H,3-9,12-13H2,1-2H3. The van der Waals surface area contributed by atoms with E-state index in [0.29, 0.717) is 18.2 Å². The molecular weight excluding hydrogens is 439 g/mol. The average Bonchev–Trinajstić information content (AvgIpc) is 3.52. The fraction of sp³-hybridized carbons (Fsp3) is 0.636. The average molecular weight is 467 g/mol. The number of halogens is 3. The number of nitrogens with zero attached hydrogens (tertiary/aromatic N) is 5. The summed E-state index contributed by atoms with van der Waals surface area (Å²) in [6.07, 6.45) is 2.44. The highest BCUT2D eigenvalue weighted by Crippen LogP contribution is 2.39. The van der Waals surface area contributed by atoms with E-state index in [-0.39, 0.29) is 24.0 Å². The molecule has 180 valence electrons. The van der Waals surface area contributed by atoms with E-state index in [1.165, 1.54) is 15.8 Å². The van der Waals surface area contributed by atoms with Crippen LogP contribution in [0.25, 0.3) is 11.3 Å². The predicted octanol–water partition coefficient (Wildman–Crippen LogP) is 4.59. The number of ether oxygens (including phenoxy) is 2. The Balaban J connectivity index is 1.54. The van der Waals surface area contributed by atoms with Gasteiger partial charge in [0.25, 0.3) is 0 Å². The molecular formula is C22H28F3N5O3. The van der Waals surface area contributed by atoms with Gasteiger partial charge in [0.1, 0.15) is 29.7 Å². The molecule has 0 atom stereocenters. The van der Waals surface area contributed by atoms with E-state index < -0.39 is 23.7 Å². The molecule has 2 aromatic heterocycles. The zero-order chi connectivity index (χ0) is 23.6. The Kier molecular flexibility index (Phi) is 6.76. The molecule has 0 aliphatic heterocycles. The highest BCUT2D eigenvalue weighted by atomic mass is 19.4. The van der Waals surface area contributed by atoms with E-state index >= 15 is 0 Å². The van der Waals surface area contributed by atoms with Crippen molar-refractivity contribution >= 4 is 6.09 Å². The molecule has 2 aromatic rings. The Hall–Kier alpha value is -2.85. The van der Waals surface area contributed by atoms with Crippen LogP contribution in [0.2, 0.25) is 0 Å². The number of amides is 1. The third-order valence-corrected chi connectivity index (χ3v) is 6.08. The molecule has 2 fully saturated rings. The van der Waals surface area contributed by atoms with Crippen LogP contribution in [-0.4, -0.2) is 50.7 Å². The number of rotatable bonds is 7. The Bertz CT molecular complexity index is 984. The summed E-state index contributed by atoms with van der Waals surface area (Å²) >= 11 is 0. The molecule has 0 aromatic carbocycles. The van der Waals surface area contributed by atoms with Crippen molar-refractivity contribution in [3.05, 3.63) is 23.5 Å². The van der Waals surface area contributed by atoms with Crippen molar-refractivity contribution in [1.29, 1.82) is 0 Å². The molecule has 2 aliphatic rings. The number of pyridine rings is 1. The van der Waals surface area contributed by atoms with Crippen molar-refractivity contribution in [3.8, 4) is 17.1 Å². The number of hydrogen-bond acceptors (Lipinski definition) is 6. The number of carbonyl (C=O) groups excluding carboxylic acids is 1. The maximum atomic E-state index is 13.8. The fourth-order valence-corrected chi connectivity index (χ4v) is 3.99. The van der Waals surface area contributed by atoms with Gasteiger partial charge in [-0.25, -0.2) is 14.5 Å². The molecule has 8 nitrogen and oxygen atoms in total. The first kappa shape index (κ1) is 23.3. The number of hydrogen-bond donors (Lipinski definition) is 0. The zero-order valence-electron chi connectivity index (χ0n) is 18.8. The fourth-order valence-electron chi connectivity index (χ4n) is 3.99. The molecule has 0 N–H and O–H groups in total. The van der Waals surface area contributed by atoms with Crippen molar-refractivity contribution in [2.75, 3.05) is 13.6 Å². The van der Waals surface area contributed by atoms with Crippen molar-refractivity contribution in [1.82, 2.24) is 24.9 Å². The first-order chi connectivity index (χ1) is 15.7. The lowest BCUT2D eigenvalue weighted by Gasteiger charge is -2.24. The van der Waals surface area contributed by atoms with Crippen LogP contribution in [0.5, 0.6) is 5.88 Å². The van der Waals surface area contributed by atoms with Gasteiger partial charge in [-0.1, -0.05) is 11.6 Å². The summed E-state index contributed by atoms with van der Waals surface area (Å²) in [7, 11) is 3.25. The van der Waals surface area contributed by atoms with Crippen molar-refractivity contribution in [3.63, 3.8) is 0 Å². The number of carbonyl (C=O) groups is 1. The van der Waals surface area contributed by atoms with E-state index in [1.54, 1.807) is 14.1 Å². The van der Waals surface area contributed by atoms with Crippen LogP contribution < -0.4 is 4.74 Å². The third kappa shape index (κ3) is 5.75. The highest BCUT2D eigenvalue weighted by molar-refractivity contribution is 5.68. The van der Waals surface area contributed by atoms with Gasteiger partial charge in [-0.2, -0.15) is 13.2 Å². The van der Waals surface area contributed by atoms with Crippen LogP contribution >= 0.6 is 0 Å². The maximum Gasteiger partial charge on any atom is 0.421 e. The molecule has 0 unspecified atom stereocenters. The lowest BCUT2D eigenvalue weighted by molar-refractivity contribution is -0.139. The van der Waals surface area contributed by atoms with Gasteiger partial charge in [0.15, 0.2) is 0 Å². The number of aromatic nitrogens is 4. The summed E-state index contributed by atoms with van der Waals surface area (Å²) in [5.41, 5.74) is -0.274. The molecule has 4 rings (SSSR count). The van der Waals surface area contributed by atoms with Gasteiger partial charge in [-0.3, -0.25) is 0 Å². The highest BCUT2D eigenvalue weighted by Gasteiger charge is 2.37. The summed E-state index contributed by atoms with van der Waals surface area (Å²) in [6, 6.07) is 0.972. The van der Waals surface area contributed by atoms with Gasteiger partial charge in [0.05, 0.1) is 0 Å². The lowest BCUT2D eigenvalue weighted by atomic mass is 9.98. The van der Waals surface area contributed by atoms with E-state index in [2.05, 4.69) is 15.3 Å². The second-order valence-electron chi connectivity index (χ2n) is 8.84. The van der Waals surface area contributed by atoms with Gasteiger partial charge in [0, 0.05) is 32.4 Å².